The molecule has 4 rings (SSSR count). The largest absolute Gasteiger partial charge is 0.482 e. The summed E-state index contributed by atoms with van der Waals surface area (Å²) in [6, 6.07) is 8.29. The van der Waals surface area contributed by atoms with Gasteiger partial charge in [0.25, 0.3) is 0 Å². The molecule has 2 N–H and O–H groups in total. The van der Waals surface area contributed by atoms with Crippen LogP contribution in [-0.2, 0) is 13.6 Å². The summed E-state index contributed by atoms with van der Waals surface area (Å²) >= 11 is 3.36. The molecule has 1 atom stereocenters. The summed E-state index contributed by atoms with van der Waals surface area (Å²) in [5, 5.41) is 18.5. The molecule has 35 heavy (non-hydrogen) atoms. The Morgan fingerprint density at radius 3 is 2.77 bits per heavy atom. The van der Waals surface area contributed by atoms with Crippen molar-refractivity contribution in [3.8, 4) is 23.1 Å². The summed E-state index contributed by atoms with van der Waals surface area (Å²) in [5.41, 5.74) is 9.97. The number of anilines is 1. The Labute approximate surface area is 210 Å². The first-order chi connectivity index (χ1) is 16.7. The van der Waals surface area contributed by atoms with Crippen molar-refractivity contribution in [1.29, 1.82) is 5.26 Å². The molecule has 4 aromatic rings. The van der Waals surface area contributed by atoms with Gasteiger partial charge in [-0.15, -0.1) is 0 Å². The lowest BCUT2D eigenvalue weighted by Crippen LogP contribution is -2.08. The molecule has 1 aromatic carbocycles. The van der Waals surface area contributed by atoms with Crippen molar-refractivity contribution in [2.24, 2.45) is 7.05 Å². The van der Waals surface area contributed by atoms with Crippen molar-refractivity contribution in [2.75, 3.05) is 5.73 Å². The third-order valence-electron chi connectivity index (χ3n) is 5.53. The third kappa shape index (κ3) is 4.81. The molecule has 0 aliphatic heterocycles. The van der Waals surface area contributed by atoms with Crippen LogP contribution in [0.1, 0.15) is 42.3 Å². The summed E-state index contributed by atoms with van der Waals surface area (Å²) in [4.78, 5) is 4.09. The molecule has 0 bridgehead atoms. The second kappa shape index (κ2) is 9.72. The van der Waals surface area contributed by atoms with E-state index in [4.69, 9.17) is 10.5 Å². The van der Waals surface area contributed by atoms with Gasteiger partial charge < -0.3 is 10.5 Å². The average molecular weight is 536 g/mol. The van der Waals surface area contributed by atoms with E-state index in [1.807, 2.05) is 13.1 Å². The van der Waals surface area contributed by atoms with Gasteiger partial charge in [0.05, 0.1) is 0 Å². The Balaban J connectivity index is 1.80. The van der Waals surface area contributed by atoms with E-state index in [0.29, 0.717) is 50.3 Å². The topological polar surface area (TPSA) is 108 Å². The zero-order valence-corrected chi connectivity index (χ0v) is 21.0. The molecule has 0 spiro atoms. The minimum Gasteiger partial charge on any atom is -0.482 e. The third-order valence-corrected chi connectivity index (χ3v) is 5.96. The van der Waals surface area contributed by atoms with Crippen LogP contribution in [0.15, 0.2) is 53.9 Å². The Morgan fingerprint density at radius 1 is 1.29 bits per heavy atom. The Bertz CT molecular complexity index is 1470. The van der Waals surface area contributed by atoms with Gasteiger partial charge in [0.2, 0.25) is 0 Å². The molecule has 0 fully saturated rings. The van der Waals surface area contributed by atoms with Crippen LogP contribution in [0.25, 0.3) is 16.8 Å². The Hall–Kier alpha value is -3.97. The van der Waals surface area contributed by atoms with Crippen LogP contribution in [0, 0.1) is 17.1 Å². The number of pyridine rings is 1. The number of hydrogen-bond acceptors (Lipinski definition) is 6. The van der Waals surface area contributed by atoms with E-state index in [9.17, 15) is 9.65 Å². The minimum absolute atomic E-state index is 0.224. The maximum absolute atomic E-state index is 14.4. The van der Waals surface area contributed by atoms with Crippen molar-refractivity contribution in [3.63, 3.8) is 0 Å². The monoisotopic (exact) mass is 535 g/mol. The molecule has 10 heteroatoms. The number of ether oxygens (including phenoxy) is 1. The number of aromatic nitrogens is 5. The van der Waals surface area contributed by atoms with E-state index in [-0.39, 0.29) is 11.5 Å². The van der Waals surface area contributed by atoms with Gasteiger partial charge in [-0.2, -0.15) is 15.5 Å². The van der Waals surface area contributed by atoms with Gasteiger partial charge in [0.1, 0.15) is 23.7 Å². The van der Waals surface area contributed by atoms with Gasteiger partial charge in [-0.05, 0) is 59.6 Å². The number of halogens is 2. The molecule has 0 saturated carbocycles. The van der Waals surface area contributed by atoms with Gasteiger partial charge in [-0.25, -0.2) is 9.37 Å². The molecule has 0 amide bonds. The number of nitriles is 1. The van der Waals surface area contributed by atoms with Crippen LogP contribution in [0.3, 0.4) is 0 Å². The normalized spacial score (nSPS) is 11.8. The zero-order chi connectivity index (χ0) is 25.3. The van der Waals surface area contributed by atoms with Crippen molar-refractivity contribution in [3.05, 3.63) is 82.1 Å². The van der Waals surface area contributed by atoms with Crippen molar-refractivity contribution in [1.82, 2.24) is 24.5 Å². The number of benzene rings is 1. The predicted octanol–water partition coefficient (Wildman–Crippen LogP) is 5.26. The molecular weight excluding hydrogens is 513 g/mol. The maximum atomic E-state index is 14.4. The van der Waals surface area contributed by atoms with Gasteiger partial charge >= 0.3 is 0 Å². The second-order valence-corrected chi connectivity index (χ2v) is 8.85. The van der Waals surface area contributed by atoms with E-state index >= 15 is 0 Å². The van der Waals surface area contributed by atoms with Crippen LogP contribution >= 0.6 is 15.9 Å². The van der Waals surface area contributed by atoms with Crippen LogP contribution in [0.5, 0.6) is 5.75 Å². The molecule has 0 saturated heterocycles. The van der Waals surface area contributed by atoms with E-state index in [0.717, 1.165) is 0 Å². The van der Waals surface area contributed by atoms with Crippen LogP contribution in [0.4, 0.5) is 10.2 Å². The van der Waals surface area contributed by atoms with Crippen LogP contribution < -0.4 is 10.5 Å². The molecule has 0 unspecified atom stereocenters. The summed E-state index contributed by atoms with van der Waals surface area (Å²) in [5.74, 6) is 0.187. The standard InChI is InChI=1S/C25H23BrFN7O/c1-5-34-13-20(22(10-28)31-34)14(2)21-12-33(4)32-24(21)18-7-6-17(27)9-19(18)15(3)35-23-8-16(26)11-30-25(23)29/h6-9,11-13,15H,2,5H2,1,3-4H3,(H2,29,30)/t15-/m1/s1. The SMILES string of the molecule is C=C(c1cn(CC)nc1C#N)c1cn(C)nc1-c1ccc(F)cc1[C@@H](C)Oc1cc(Br)cnc1N. The van der Waals surface area contributed by atoms with Crippen molar-refractivity contribution >= 4 is 27.3 Å². The van der Waals surface area contributed by atoms with E-state index in [1.165, 1.54) is 12.1 Å². The van der Waals surface area contributed by atoms with E-state index in [1.54, 1.807) is 47.9 Å². The fourth-order valence-corrected chi connectivity index (χ4v) is 4.12. The first-order valence-electron chi connectivity index (χ1n) is 10.8. The fourth-order valence-electron chi connectivity index (χ4n) is 3.81. The molecule has 0 aliphatic carbocycles. The highest BCUT2D eigenvalue weighted by atomic mass is 79.9. The summed E-state index contributed by atoms with van der Waals surface area (Å²) < 4.78 is 24.5. The number of nitrogens with zero attached hydrogens (tertiary/aromatic N) is 6. The first-order valence-corrected chi connectivity index (χ1v) is 11.6. The zero-order valence-electron chi connectivity index (χ0n) is 19.5. The minimum atomic E-state index is -0.584. The first kappa shape index (κ1) is 24.2. The Morgan fingerprint density at radius 2 is 2.06 bits per heavy atom. The highest BCUT2D eigenvalue weighted by Crippen LogP contribution is 2.37. The van der Waals surface area contributed by atoms with E-state index in [2.05, 4.69) is 43.8 Å². The number of rotatable bonds is 7. The highest BCUT2D eigenvalue weighted by Gasteiger charge is 2.23. The fraction of sp³-hybridized carbons (Fsp3) is 0.200. The molecule has 3 heterocycles. The molecule has 0 radical (unpaired) electrons. The number of nitrogens with two attached hydrogens (primary N) is 1. The van der Waals surface area contributed by atoms with Crippen molar-refractivity contribution < 1.29 is 9.13 Å². The molecule has 178 valence electrons. The van der Waals surface area contributed by atoms with Crippen LogP contribution in [-0.4, -0.2) is 24.5 Å². The second-order valence-electron chi connectivity index (χ2n) is 7.93. The Kier molecular flexibility index (Phi) is 6.71. The highest BCUT2D eigenvalue weighted by molar-refractivity contribution is 9.10. The molecular formula is C25H23BrFN7O. The smallest absolute Gasteiger partial charge is 0.170 e. The molecule has 8 nitrogen and oxygen atoms in total. The van der Waals surface area contributed by atoms with Crippen molar-refractivity contribution in [2.45, 2.75) is 26.5 Å². The number of hydrogen-bond donors (Lipinski definition) is 1. The van der Waals surface area contributed by atoms with E-state index < -0.39 is 11.9 Å². The van der Waals surface area contributed by atoms with Gasteiger partial charge in [-0.1, -0.05) is 6.58 Å². The predicted molar refractivity (Wildman–Crippen MR) is 135 cm³/mol. The summed E-state index contributed by atoms with van der Waals surface area (Å²) in [6.07, 6.45) is 4.59. The molecule has 3 aromatic heterocycles. The maximum Gasteiger partial charge on any atom is 0.170 e. The van der Waals surface area contributed by atoms with Crippen LogP contribution in [0.2, 0.25) is 0 Å². The average Bonchev–Trinajstić information content (AvgIpc) is 3.44. The van der Waals surface area contributed by atoms with Gasteiger partial charge in [0, 0.05) is 58.9 Å². The summed E-state index contributed by atoms with van der Waals surface area (Å²) in [6.45, 7) is 8.60. The van der Waals surface area contributed by atoms with Gasteiger partial charge in [-0.3, -0.25) is 9.36 Å². The number of nitrogen functional groups attached to an aromatic ring is 1. The molecule has 0 aliphatic rings. The number of aryl methyl sites for hydroxylation is 2. The quantitative estimate of drug-likeness (QED) is 0.346. The lowest BCUT2D eigenvalue weighted by molar-refractivity contribution is 0.227. The lowest BCUT2D eigenvalue weighted by Gasteiger charge is -2.19. The lowest BCUT2D eigenvalue weighted by atomic mass is 9.93. The van der Waals surface area contributed by atoms with Gasteiger partial charge in [0.15, 0.2) is 17.3 Å². The summed E-state index contributed by atoms with van der Waals surface area (Å²) in [7, 11) is 1.79.